The van der Waals surface area contributed by atoms with Crippen LogP contribution in [-0.2, 0) is 6.42 Å². The zero-order chi connectivity index (χ0) is 10.7. The Balaban J connectivity index is 2.25. The lowest BCUT2D eigenvalue weighted by Gasteiger charge is -1.95. The van der Waals surface area contributed by atoms with E-state index in [1.807, 2.05) is 18.3 Å². The van der Waals surface area contributed by atoms with Gasteiger partial charge in [-0.05, 0) is 25.1 Å². The number of hydrogen-bond acceptors (Lipinski definition) is 3. The first-order chi connectivity index (χ1) is 7.29. The van der Waals surface area contributed by atoms with Gasteiger partial charge < -0.3 is 5.73 Å². The number of thiazole rings is 1. The standard InChI is InChI=1S/C11H11BrN2S/c12-9-3-1-8(2-4-9)11-14-7-10(15-11)5-6-13/h1-4,7H,5-6,13H2. The van der Waals surface area contributed by atoms with E-state index in [1.165, 1.54) is 4.88 Å². The molecule has 0 spiro atoms. The second-order valence-corrected chi connectivity index (χ2v) is 5.21. The summed E-state index contributed by atoms with van der Waals surface area (Å²) in [6.07, 6.45) is 2.82. The summed E-state index contributed by atoms with van der Waals surface area (Å²) in [6.45, 7) is 0.683. The van der Waals surface area contributed by atoms with Crippen molar-refractivity contribution in [1.82, 2.24) is 4.98 Å². The van der Waals surface area contributed by atoms with E-state index in [4.69, 9.17) is 5.73 Å². The average molecular weight is 283 g/mol. The zero-order valence-electron chi connectivity index (χ0n) is 8.11. The van der Waals surface area contributed by atoms with E-state index in [2.05, 4.69) is 33.0 Å². The van der Waals surface area contributed by atoms with Crippen LogP contribution in [0.25, 0.3) is 10.6 Å². The fraction of sp³-hybridized carbons (Fsp3) is 0.182. The summed E-state index contributed by atoms with van der Waals surface area (Å²) in [5.74, 6) is 0. The largest absolute Gasteiger partial charge is 0.330 e. The van der Waals surface area contributed by atoms with E-state index in [9.17, 15) is 0 Å². The molecular weight excluding hydrogens is 272 g/mol. The van der Waals surface area contributed by atoms with Crippen molar-refractivity contribution in [3.63, 3.8) is 0 Å². The second kappa shape index (κ2) is 4.88. The molecule has 0 saturated carbocycles. The highest BCUT2D eigenvalue weighted by atomic mass is 79.9. The zero-order valence-corrected chi connectivity index (χ0v) is 10.5. The molecule has 0 fully saturated rings. The Morgan fingerprint density at radius 3 is 2.67 bits per heavy atom. The molecule has 1 aromatic carbocycles. The lowest BCUT2D eigenvalue weighted by atomic mass is 10.2. The van der Waals surface area contributed by atoms with Crippen molar-refractivity contribution in [2.24, 2.45) is 5.73 Å². The monoisotopic (exact) mass is 282 g/mol. The molecule has 0 bridgehead atoms. The van der Waals surface area contributed by atoms with E-state index in [0.29, 0.717) is 6.54 Å². The van der Waals surface area contributed by atoms with Crippen molar-refractivity contribution in [2.45, 2.75) is 6.42 Å². The molecule has 0 atom stereocenters. The van der Waals surface area contributed by atoms with Gasteiger partial charge in [0, 0.05) is 21.1 Å². The van der Waals surface area contributed by atoms with Crippen molar-refractivity contribution < 1.29 is 0 Å². The molecule has 0 aliphatic rings. The highest BCUT2D eigenvalue weighted by Gasteiger charge is 2.03. The number of aromatic nitrogens is 1. The first-order valence-electron chi connectivity index (χ1n) is 4.70. The van der Waals surface area contributed by atoms with E-state index < -0.39 is 0 Å². The molecule has 0 saturated heterocycles. The fourth-order valence-electron chi connectivity index (χ4n) is 1.29. The molecule has 15 heavy (non-hydrogen) atoms. The third-order valence-corrected chi connectivity index (χ3v) is 3.67. The first-order valence-corrected chi connectivity index (χ1v) is 6.31. The maximum Gasteiger partial charge on any atom is 0.123 e. The summed E-state index contributed by atoms with van der Waals surface area (Å²) >= 11 is 5.12. The Labute approximate surface area is 101 Å². The maximum absolute atomic E-state index is 5.50. The lowest BCUT2D eigenvalue weighted by Crippen LogP contribution is -2.00. The van der Waals surface area contributed by atoms with E-state index in [0.717, 1.165) is 21.5 Å². The molecule has 0 aliphatic heterocycles. The number of halogens is 1. The molecule has 0 amide bonds. The SMILES string of the molecule is NCCc1cnc(-c2ccc(Br)cc2)s1. The smallest absolute Gasteiger partial charge is 0.123 e. The number of nitrogens with two attached hydrogens (primary N) is 1. The first kappa shape index (κ1) is 10.8. The predicted molar refractivity (Wildman–Crippen MR) is 68.0 cm³/mol. The fourth-order valence-corrected chi connectivity index (χ4v) is 2.49. The van der Waals surface area contributed by atoms with Crippen LogP contribution in [0.2, 0.25) is 0 Å². The Morgan fingerprint density at radius 1 is 1.27 bits per heavy atom. The number of rotatable bonds is 3. The van der Waals surface area contributed by atoms with Crippen LogP contribution in [0.4, 0.5) is 0 Å². The van der Waals surface area contributed by atoms with Crippen LogP contribution < -0.4 is 5.73 Å². The molecule has 1 aromatic heterocycles. The van der Waals surface area contributed by atoms with Crippen molar-refractivity contribution in [1.29, 1.82) is 0 Å². The van der Waals surface area contributed by atoms with Gasteiger partial charge in [0.1, 0.15) is 5.01 Å². The molecule has 0 radical (unpaired) electrons. The molecule has 2 rings (SSSR count). The molecule has 1 heterocycles. The van der Waals surface area contributed by atoms with Crippen LogP contribution in [-0.4, -0.2) is 11.5 Å². The molecule has 0 unspecified atom stereocenters. The van der Waals surface area contributed by atoms with Gasteiger partial charge in [-0.2, -0.15) is 0 Å². The minimum atomic E-state index is 0.683. The number of nitrogens with zero attached hydrogens (tertiary/aromatic N) is 1. The average Bonchev–Trinajstić information content (AvgIpc) is 2.68. The Kier molecular flexibility index (Phi) is 3.51. The maximum atomic E-state index is 5.50. The summed E-state index contributed by atoms with van der Waals surface area (Å²) < 4.78 is 1.09. The summed E-state index contributed by atoms with van der Waals surface area (Å²) in [7, 11) is 0. The highest BCUT2D eigenvalue weighted by Crippen LogP contribution is 2.26. The number of benzene rings is 1. The quantitative estimate of drug-likeness (QED) is 0.940. The van der Waals surface area contributed by atoms with Crippen LogP contribution in [0.3, 0.4) is 0 Å². The summed E-state index contributed by atoms with van der Waals surface area (Å²) in [5.41, 5.74) is 6.66. The third kappa shape index (κ3) is 2.65. The van der Waals surface area contributed by atoms with Gasteiger partial charge in [-0.15, -0.1) is 11.3 Å². The van der Waals surface area contributed by atoms with Gasteiger partial charge in [0.25, 0.3) is 0 Å². The molecule has 2 N–H and O–H groups in total. The van der Waals surface area contributed by atoms with Gasteiger partial charge in [-0.3, -0.25) is 0 Å². The summed E-state index contributed by atoms with van der Waals surface area (Å²) in [5, 5.41) is 1.06. The van der Waals surface area contributed by atoms with Crippen molar-refractivity contribution in [3.05, 3.63) is 39.8 Å². The molecule has 2 nitrogen and oxygen atoms in total. The minimum Gasteiger partial charge on any atom is -0.330 e. The van der Waals surface area contributed by atoms with Gasteiger partial charge in [-0.1, -0.05) is 28.1 Å². The molecule has 4 heteroatoms. The number of hydrogen-bond donors (Lipinski definition) is 1. The third-order valence-electron chi connectivity index (χ3n) is 2.04. The van der Waals surface area contributed by atoms with E-state index >= 15 is 0 Å². The second-order valence-electron chi connectivity index (χ2n) is 3.18. The molecular formula is C11H11BrN2S. The van der Waals surface area contributed by atoms with Crippen LogP contribution >= 0.6 is 27.3 Å². The molecule has 2 aromatic rings. The Hall–Kier alpha value is -0.710. The van der Waals surface area contributed by atoms with Crippen molar-refractivity contribution in [2.75, 3.05) is 6.54 Å². The minimum absolute atomic E-state index is 0.683. The summed E-state index contributed by atoms with van der Waals surface area (Å²) in [6, 6.07) is 8.18. The van der Waals surface area contributed by atoms with Crippen molar-refractivity contribution >= 4 is 27.3 Å². The van der Waals surface area contributed by atoms with Crippen molar-refractivity contribution in [3.8, 4) is 10.6 Å². The van der Waals surface area contributed by atoms with Crippen LogP contribution in [0.5, 0.6) is 0 Å². The molecule has 78 valence electrons. The normalized spacial score (nSPS) is 10.5. The van der Waals surface area contributed by atoms with Gasteiger partial charge >= 0.3 is 0 Å². The van der Waals surface area contributed by atoms with Crippen LogP contribution in [0.15, 0.2) is 34.9 Å². The van der Waals surface area contributed by atoms with Gasteiger partial charge in [0.2, 0.25) is 0 Å². The predicted octanol–water partition coefficient (Wildman–Crippen LogP) is 3.07. The Bertz CT molecular complexity index is 436. The summed E-state index contributed by atoms with van der Waals surface area (Å²) in [4.78, 5) is 5.63. The van der Waals surface area contributed by atoms with Gasteiger partial charge in [-0.25, -0.2) is 4.98 Å². The Morgan fingerprint density at radius 2 is 2.00 bits per heavy atom. The van der Waals surface area contributed by atoms with E-state index in [1.54, 1.807) is 11.3 Å². The topological polar surface area (TPSA) is 38.9 Å². The highest BCUT2D eigenvalue weighted by molar-refractivity contribution is 9.10. The van der Waals surface area contributed by atoms with Gasteiger partial charge in [0.15, 0.2) is 0 Å². The van der Waals surface area contributed by atoms with Gasteiger partial charge in [0.05, 0.1) is 0 Å². The molecule has 0 aliphatic carbocycles. The van der Waals surface area contributed by atoms with E-state index in [-0.39, 0.29) is 0 Å². The van der Waals surface area contributed by atoms with Crippen LogP contribution in [0.1, 0.15) is 4.88 Å². The van der Waals surface area contributed by atoms with Crippen LogP contribution in [0, 0.1) is 0 Å². The lowest BCUT2D eigenvalue weighted by molar-refractivity contribution is 0.984.